The Bertz CT molecular complexity index is 556. The number of amides is 2. The van der Waals surface area contributed by atoms with Crippen LogP contribution < -0.4 is 11.1 Å². The molecule has 2 rings (SSSR count). The molecule has 2 atom stereocenters. The first-order chi connectivity index (χ1) is 9.50. The second kappa shape index (κ2) is 5.73. The van der Waals surface area contributed by atoms with Gasteiger partial charge in [0.2, 0.25) is 5.91 Å². The highest BCUT2D eigenvalue weighted by Gasteiger charge is 2.37. The third-order valence-corrected chi connectivity index (χ3v) is 3.62. The van der Waals surface area contributed by atoms with E-state index in [9.17, 15) is 14.4 Å². The standard InChI is InChI=1S/C14H16N2O4/c15-12(17)10-4-1-2-7-11(10)16-13(18)8-5-3-6-9(8)14(19)20/h1-2,4,7-9H,3,5-6H2,(H2,15,17)(H,16,18)(H,19,20). The van der Waals surface area contributed by atoms with Gasteiger partial charge in [0.15, 0.2) is 0 Å². The average molecular weight is 276 g/mol. The number of para-hydroxylation sites is 1. The van der Waals surface area contributed by atoms with Crippen LogP contribution in [-0.4, -0.2) is 22.9 Å². The highest BCUT2D eigenvalue weighted by Crippen LogP contribution is 2.33. The average Bonchev–Trinajstić information content (AvgIpc) is 2.88. The number of carboxylic acid groups (broad SMARTS) is 1. The van der Waals surface area contributed by atoms with Crippen molar-refractivity contribution in [3.63, 3.8) is 0 Å². The first-order valence-corrected chi connectivity index (χ1v) is 6.43. The molecule has 6 nitrogen and oxygen atoms in total. The smallest absolute Gasteiger partial charge is 0.307 e. The summed E-state index contributed by atoms with van der Waals surface area (Å²) < 4.78 is 0. The Labute approximate surface area is 116 Å². The second-order valence-corrected chi connectivity index (χ2v) is 4.88. The number of hydrogen-bond donors (Lipinski definition) is 3. The lowest BCUT2D eigenvalue weighted by atomic mass is 9.95. The first-order valence-electron chi connectivity index (χ1n) is 6.43. The van der Waals surface area contributed by atoms with E-state index in [4.69, 9.17) is 10.8 Å². The number of carboxylic acids is 1. The van der Waals surface area contributed by atoms with Gasteiger partial charge in [-0.25, -0.2) is 0 Å². The minimum absolute atomic E-state index is 0.214. The Morgan fingerprint density at radius 3 is 2.45 bits per heavy atom. The molecule has 4 N–H and O–H groups in total. The fourth-order valence-electron chi connectivity index (χ4n) is 2.60. The molecule has 0 saturated heterocycles. The second-order valence-electron chi connectivity index (χ2n) is 4.88. The zero-order valence-electron chi connectivity index (χ0n) is 10.8. The van der Waals surface area contributed by atoms with Crippen molar-refractivity contribution < 1.29 is 19.5 Å². The molecule has 0 radical (unpaired) electrons. The van der Waals surface area contributed by atoms with E-state index in [-0.39, 0.29) is 11.5 Å². The summed E-state index contributed by atoms with van der Waals surface area (Å²) in [5, 5.41) is 11.7. The summed E-state index contributed by atoms with van der Waals surface area (Å²) in [4.78, 5) is 34.5. The molecule has 1 saturated carbocycles. The number of primary amides is 1. The molecule has 2 unspecified atom stereocenters. The number of nitrogens with one attached hydrogen (secondary N) is 1. The maximum Gasteiger partial charge on any atom is 0.307 e. The molecule has 1 fully saturated rings. The van der Waals surface area contributed by atoms with E-state index in [0.717, 1.165) is 0 Å². The summed E-state index contributed by atoms with van der Waals surface area (Å²) in [7, 11) is 0. The predicted octanol–water partition coefficient (Wildman–Crippen LogP) is 1.22. The number of carbonyl (C=O) groups is 3. The normalized spacial score (nSPS) is 21.4. The number of benzene rings is 1. The summed E-state index contributed by atoms with van der Waals surface area (Å²) in [6.07, 6.45) is 1.76. The highest BCUT2D eigenvalue weighted by atomic mass is 16.4. The van der Waals surface area contributed by atoms with Crippen molar-refractivity contribution in [1.29, 1.82) is 0 Å². The van der Waals surface area contributed by atoms with Gasteiger partial charge in [0, 0.05) is 0 Å². The Balaban J connectivity index is 2.16. The summed E-state index contributed by atoms with van der Waals surface area (Å²) in [5.41, 5.74) is 5.77. The van der Waals surface area contributed by atoms with Crippen LogP contribution in [0.4, 0.5) is 5.69 Å². The number of nitrogens with two attached hydrogens (primary N) is 1. The zero-order chi connectivity index (χ0) is 14.7. The number of hydrogen-bond acceptors (Lipinski definition) is 3. The summed E-state index contributed by atoms with van der Waals surface area (Å²) >= 11 is 0. The van der Waals surface area contributed by atoms with Crippen molar-refractivity contribution in [3.05, 3.63) is 29.8 Å². The molecule has 2 amide bonds. The van der Waals surface area contributed by atoms with Gasteiger partial charge in [0.05, 0.1) is 23.1 Å². The van der Waals surface area contributed by atoms with E-state index in [1.165, 1.54) is 6.07 Å². The molecule has 0 aliphatic heterocycles. The molecule has 1 aliphatic rings. The third-order valence-electron chi connectivity index (χ3n) is 3.62. The lowest BCUT2D eigenvalue weighted by molar-refractivity contribution is -0.145. The number of aliphatic carboxylic acids is 1. The molecule has 1 aromatic rings. The van der Waals surface area contributed by atoms with Gasteiger partial charge in [-0.1, -0.05) is 18.6 Å². The topological polar surface area (TPSA) is 109 Å². The lowest BCUT2D eigenvalue weighted by Gasteiger charge is -2.16. The summed E-state index contributed by atoms with van der Waals surface area (Å²) in [6.45, 7) is 0. The van der Waals surface area contributed by atoms with E-state index in [1.807, 2.05) is 0 Å². The van der Waals surface area contributed by atoms with Crippen LogP contribution in [0.25, 0.3) is 0 Å². The fourth-order valence-corrected chi connectivity index (χ4v) is 2.60. The number of carbonyl (C=O) groups excluding carboxylic acids is 2. The Kier molecular flexibility index (Phi) is 4.02. The minimum Gasteiger partial charge on any atom is -0.481 e. The van der Waals surface area contributed by atoms with Crippen LogP contribution in [0.15, 0.2) is 24.3 Å². The van der Waals surface area contributed by atoms with Gasteiger partial charge >= 0.3 is 5.97 Å². The van der Waals surface area contributed by atoms with Crippen LogP contribution in [0, 0.1) is 11.8 Å². The zero-order valence-corrected chi connectivity index (χ0v) is 10.8. The van der Waals surface area contributed by atoms with Crippen LogP contribution in [0.1, 0.15) is 29.6 Å². The van der Waals surface area contributed by atoms with E-state index in [2.05, 4.69) is 5.32 Å². The van der Waals surface area contributed by atoms with Gasteiger partial charge in [-0.15, -0.1) is 0 Å². The predicted molar refractivity (Wildman–Crippen MR) is 72.1 cm³/mol. The molecule has 0 heterocycles. The summed E-state index contributed by atoms with van der Waals surface area (Å²) in [6, 6.07) is 6.40. The Hall–Kier alpha value is -2.37. The van der Waals surface area contributed by atoms with Crippen LogP contribution in [0.3, 0.4) is 0 Å². The van der Waals surface area contributed by atoms with Gasteiger partial charge in [-0.2, -0.15) is 0 Å². The van der Waals surface area contributed by atoms with Crippen molar-refractivity contribution in [2.24, 2.45) is 17.6 Å². The van der Waals surface area contributed by atoms with Crippen LogP contribution >= 0.6 is 0 Å². The van der Waals surface area contributed by atoms with E-state index in [0.29, 0.717) is 24.9 Å². The van der Waals surface area contributed by atoms with E-state index < -0.39 is 23.7 Å². The molecule has 1 aliphatic carbocycles. The number of rotatable bonds is 4. The molecule has 106 valence electrons. The van der Waals surface area contributed by atoms with E-state index in [1.54, 1.807) is 18.2 Å². The fraction of sp³-hybridized carbons (Fsp3) is 0.357. The first kappa shape index (κ1) is 14.0. The van der Waals surface area contributed by atoms with Crippen molar-refractivity contribution in [3.8, 4) is 0 Å². The van der Waals surface area contributed by atoms with E-state index >= 15 is 0 Å². The van der Waals surface area contributed by atoms with Crippen LogP contribution in [0.5, 0.6) is 0 Å². The summed E-state index contributed by atoms with van der Waals surface area (Å²) in [5.74, 6) is -3.18. The molecule has 0 spiro atoms. The SMILES string of the molecule is NC(=O)c1ccccc1NC(=O)C1CCCC1C(=O)O. The molecule has 6 heteroatoms. The largest absolute Gasteiger partial charge is 0.481 e. The Morgan fingerprint density at radius 1 is 1.15 bits per heavy atom. The quantitative estimate of drug-likeness (QED) is 0.768. The van der Waals surface area contributed by atoms with Gasteiger partial charge in [0.25, 0.3) is 5.91 Å². The van der Waals surface area contributed by atoms with Crippen molar-refractivity contribution in [2.75, 3.05) is 5.32 Å². The Morgan fingerprint density at radius 2 is 1.80 bits per heavy atom. The van der Waals surface area contributed by atoms with Crippen molar-refractivity contribution >= 4 is 23.5 Å². The van der Waals surface area contributed by atoms with Crippen molar-refractivity contribution in [2.45, 2.75) is 19.3 Å². The highest BCUT2D eigenvalue weighted by molar-refractivity contribution is 6.04. The maximum atomic E-state index is 12.2. The van der Waals surface area contributed by atoms with Gasteiger partial charge in [-0.3, -0.25) is 14.4 Å². The maximum absolute atomic E-state index is 12.2. The van der Waals surface area contributed by atoms with Crippen LogP contribution in [0.2, 0.25) is 0 Å². The monoisotopic (exact) mass is 276 g/mol. The molecule has 0 bridgehead atoms. The minimum atomic E-state index is -0.953. The number of anilines is 1. The molecule has 0 aromatic heterocycles. The molecule has 1 aromatic carbocycles. The molecular weight excluding hydrogens is 260 g/mol. The van der Waals surface area contributed by atoms with Gasteiger partial charge in [-0.05, 0) is 25.0 Å². The van der Waals surface area contributed by atoms with Crippen LogP contribution in [-0.2, 0) is 9.59 Å². The molecular formula is C14H16N2O4. The lowest BCUT2D eigenvalue weighted by Crippen LogP contribution is -2.30. The van der Waals surface area contributed by atoms with Gasteiger partial charge in [0.1, 0.15) is 0 Å². The molecule has 20 heavy (non-hydrogen) atoms. The van der Waals surface area contributed by atoms with Gasteiger partial charge < -0.3 is 16.2 Å². The third kappa shape index (κ3) is 2.79. The van der Waals surface area contributed by atoms with Crippen molar-refractivity contribution in [1.82, 2.24) is 0 Å².